The number of aromatic nitrogens is 3. The van der Waals surface area contributed by atoms with E-state index < -0.39 is 0 Å². The van der Waals surface area contributed by atoms with Crippen molar-refractivity contribution in [3.63, 3.8) is 0 Å². The highest BCUT2D eigenvalue weighted by Crippen LogP contribution is 2.29. The first-order chi connectivity index (χ1) is 9.03. The average Bonchev–Trinajstić information content (AvgIpc) is 2.76. The van der Waals surface area contributed by atoms with Crippen LogP contribution in [0.5, 0.6) is 5.88 Å². The molecule has 0 bridgehead atoms. The number of methoxy groups -OCH3 is 1. The van der Waals surface area contributed by atoms with Gasteiger partial charge in [0.25, 0.3) is 0 Å². The summed E-state index contributed by atoms with van der Waals surface area (Å²) in [5.41, 5.74) is 1.64. The van der Waals surface area contributed by atoms with Crippen LogP contribution in [0, 0.1) is 0 Å². The van der Waals surface area contributed by atoms with E-state index >= 15 is 0 Å². The second-order valence-electron chi connectivity index (χ2n) is 5.26. The minimum absolute atomic E-state index is 0.0624. The third-order valence-electron chi connectivity index (χ3n) is 3.34. The van der Waals surface area contributed by atoms with Gasteiger partial charge in [0.05, 0.1) is 13.0 Å². The lowest BCUT2D eigenvalue weighted by Crippen LogP contribution is -2.28. The molecule has 0 saturated heterocycles. The van der Waals surface area contributed by atoms with Gasteiger partial charge < -0.3 is 9.30 Å². The number of ether oxygens (including phenoxy) is 1. The Balaban J connectivity index is 2.67. The molecule has 19 heavy (non-hydrogen) atoms. The maximum atomic E-state index is 6.04. The van der Waals surface area contributed by atoms with Crippen LogP contribution < -0.4 is 4.74 Å². The average molecular weight is 282 g/mol. The van der Waals surface area contributed by atoms with Crippen molar-refractivity contribution in [3.05, 3.63) is 18.0 Å². The lowest BCUT2D eigenvalue weighted by molar-refractivity contribution is 0.323. The molecule has 0 saturated carbocycles. The van der Waals surface area contributed by atoms with E-state index in [-0.39, 0.29) is 5.54 Å². The van der Waals surface area contributed by atoms with Crippen LogP contribution in [0.2, 0.25) is 0 Å². The molecule has 0 radical (unpaired) electrons. The van der Waals surface area contributed by atoms with Gasteiger partial charge in [0.15, 0.2) is 5.65 Å². The summed E-state index contributed by atoms with van der Waals surface area (Å²) < 4.78 is 7.35. The molecule has 2 aromatic rings. The zero-order valence-corrected chi connectivity index (χ0v) is 12.7. The fourth-order valence-corrected chi connectivity index (χ4v) is 2.73. The molecule has 4 nitrogen and oxygen atoms in total. The summed E-state index contributed by atoms with van der Waals surface area (Å²) in [5.74, 6) is 1.84. The van der Waals surface area contributed by atoms with Gasteiger partial charge in [0, 0.05) is 11.6 Å². The van der Waals surface area contributed by atoms with Gasteiger partial charge in [0.2, 0.25) is 5.88 Å². The number of rotatable bonds is 5. The predicted octanol–water partition coefficient (Wildman–Crippen LogP) is 3.71. The largest absolute Gasteiger partial charge is 0.481 e. The Labute approximate surface area is 118 Å². The Kier molecular flexibility index (Phi) is 3.99. The van der Waals surface area contributed by atoms with Gasteiger partial charge in [-0.1, -0.05) is 13.3 Å². The van der Waals surface area contributed by atoms with Crippen molar-refractivity contribution >= 4 is 22.8 Å². The molecule has 104 valence electrons. The highest BCUT2D eigenvalue weighted by molar-refractivity contribution is 6.16. The summed E-state index contributed by atoms with van der Waals surface area (Å²) in [6.07, 6.45) is 2.14. The summed E-state index contributed by atoms with van der Waals surface area (Å²) in [4.78, 5) is 9.10. The molecule has 0 aliphatic rings. The molecule has 2 rings (SSSR count). The minimum atomic E-state index is -0.0624. The molecule has 2 heterocycles. The van der Waals surface area contributed by atoms with Gasteiger partial charge in [-0.3, -0.25) is 0 Å². The van der Waals surface area contributed by atoms with Crippen LogP contribution in [0.25, 0.3) is 11.2 Å². The third-order valence-corrected chi connectivity index (χ3v) is 3.58. The summed E-state index contributed by atoms with van der Waals surface area (Å²) in [7, 11) is 1.62. The van der Waals surface area contributed by atoms with Crippen LogP contribution in [0.15, 0.2) is 12.1 Å². The predicted molar refractivity (Wildman–Crippen MR) is 77.9 cm³/mol. The summed E-state index contributed by atoms with van der Waals surface area (Å²) in [6.45, 7) is 6.55. The molecule has 5 heteroatoms. The van der Waals surface area contributed by atoms with Crippen LogP contribution in [0.1, 0.15) is 39.4 Å². The summed E-state index contributed by atoms with van der Waals surface area (Å²) in [5, 5.41) is 0. The van der Waals surface area contributed by atoms with Crippen LogP contribution in [0.4, 0.5) is 0 Å². The standard InChI is InChI=1S/C14H20ClN3O/c1-5-8-14(2,3)18-11(9-15)16-10-6-7-12(19-4)17-13(10)18/h6-7H,5,8-9H2,1-4H3. The van der Waals surface area contributed by atoms with E-state index in [1.807, 2.05) is 12.1 Å². The van der Waals surface area contributed by atoms with Crippen molar-refractivity contribution in [2.75, 3.05) is 7.11 Å². The van der Waals surface area contributed by atoms with E-state index in [9.17, 15) is 0 Å². The van der Waals surface area contributed by atoms with Crippen molar-refractivity contribution in [2.45, 2.75) is 45.0 Å². The molecule has 0 atom stereocenters. The molecule has 0 fully saturated rings. The van der Waals surface area contributed by atoms with Gasteiger partial charge in [-0.05, 0) is 26.3 Å². The molecule has 0 aliphatic carbocycles. The fourth-order valence-electron chi connectivity index (χ4n) is 2.55. The van der Waals surface area contributed by atoms with E-state index in [1.165, 1.54) is 0 Å². The lowest BCUT2D eigenvalue weighted by Gasteiger charge is -2.28. The fraction of sp³-hybridized carbons (Fsp3) is 0.571. The van der Waals surface area contributed by atoms with Crippen LogP contribution in [-0.4, -0.2) is 21.6 Å². The topological polar surface area (TPSA) is 39.9 Å². The highest BCUT2D eigenvalue weighted by Gasteiger charge is 2.26. The Hall–Kier alpha value is -1.29. The normalized spacial score (nSPS) is 12.1. The lowest BCUT2D eigenvalue weighted by atomic mass is 9.98. The van der Waals surface area contributed by atoms with Crippen LogP contribution >= 0.6 is 11.6 Å². The van der Waals surface area contributed by atoms with E-state index in [1.54, 1.807) is 7.11 Å². The zero-order chi connectivity index (χ0) is 14.0. The summed E-state index contributed by atoms with van der Waals surface area (Å²) >= 11 is 6.04. The molecule has 2 aromatic heterocycles. The Morgan fingerprint density at radius 3 is 2.63 bits per heavy atom. The first-order valence-electron chi connectivity index (χ1n) is 6.52. The SMILES string of the molecule is CCCC(C)(C)n1c(CCl)nc2ccc(OC)nc21. The summed E-state index contributed by atoms with van der Waals surface area (Å²) in [6, 6.07) is 3.75. The first-order valence-corrected chi connectivity index (χ1v) is 7.05. The molecular formula is C14H20ClN3O. The van der Waals surface area contributed by atoms with E-state index in [2.05, 4.69) is 35.3 Å². The molecule has 0 spiro atoms. The monoisotopic (exact) mass is 281 g/mol. The highest BCUT2D eigenvalue weighted by atomic mass is 35.5. The van der Waals surface area contributed by atoms with Gasteiger partial charge in [-0.25, -0.2) is 4.98 Å². The Morgan fingerprint density at radius 1 is 1.32 bits per heavy atom. The number of fused-ring (bicyclic) bond motifs is 1. The van der Waals surface area contributed by atoms with E-state index in [0.29, 0.717) is 11.8 Å². The van der Waals surface area contributed by atoms with Gasteiger partial charge in [-0.15, -0.1) is 11.6 Å². The number of nitrogens with zero attached hydrogens (tertiary/aromatic N) is 3. The maximum absolute atomic E-state index is 6.04. The van der Waals surface area contributed by atoms with Crippen molar-refractivity contribution < 1.29 is 4.74 Å². The molecule has 0 amide bonds. The van der Waals surface area contributed by atoms with E-state index in [4.69, 9.17) is 16.3 Å². The van der Waals surface area contributed by atoms with Crippen molar-refractivity contribution in [2.24, 2.45) is 0 Å². The van der Waals surface area contributed by atoms with Gasteiger partial charge >= 0.3 is 0 Å². The van der Waals surface area contributed by atoms with Crippen LogP contribution in [0.3, 0.4) is 0 Å². The van der Waals surface area contributed by atoms with Gasteiger partial charge in [-0.2, -0.15) is 4.98 Å². The minimum Gasteiger partial charge on any atom is -0.481 e. The first kappa shape index (κ1) is 14.1. The molecule has 0 aliphatic heterocycles. The van der Waals surface area contributed by atoms with Crippen molar-refractivity contribution in [3.8, 4) is 5.88 Å². The Bertz CT molecular complexity index is 577. The number of alkyl halides is 1. The Morgan fingerprint density at radius 2 is 2.05 bits per heavy atom. The quantitative estimate of drug-likeness (QED) is 0.784. The number of hydrogen-bond acceptors (Lipinski definition) is 3. The zero-order valence-electron chi connectivity index (χ0n) is 11.9. The number of halogens is 1. The number of hydrogen-bond donors (Lipinski definition) is 0. The second-order valence-corrected chi connectivity index (χ2v) is 5.52. The van der Waals surface area contributed by atoms with E-state index in [0.717, 1.165) is 29.8 Å². The molecule has 0 N–H and O–H groups in total. The molecule has 0 unspecified atom stereocenters. The van der Waals surface area contributed by atoms with Crippen molar-refractivity contribution in [1.29, 1.82) is 0 Å². The number of imidazole rings is 1. The second kappa shape index (κ2) is 5.37. The van der Waals surface area contributed by atoms with Crippen LogP contribution in [-0.2, 0) is 11.4 Å². The molecule has 0 aromatic carbocycles. The molecular weight excluding hydrogens is 262 g/mol. The smallest absolute Gasteiger partial charge is 0.215 e. The third kappa shape index (κ3) is 2.54. The van der Waals surface area contributed by atoms with Crippen molar-refractivity contribution in [1.82, 2.24) is 14.5 Å². The van der Waals surface area contributed by atoms with Gasteiger partial charge in [0.1, 0.15) is 11.3 Å². The number of pyridine rings is 1. The maximum Gasteiger partial charge on any atom is 0.215 e.